The van der Waals surface area contributed by atoms with Crippen molar-refractivity contribution in [3.05, 3.63) is 48.3 Å². The van der Waals surface area contributed by atoms with E-state index in [9.17, 15) is 0 Å². The molecule has 0 bridgehead atoms. The third-order valence-electron chi connectivity index (χ3n) is 3.57. The van der Waals surface area contributed by atoms with Crippen LogP contribution < -0.4 is 5.32 Å². The summed E-state index contributed by atoms with van der Waals surface area (Å²) in [6.45, 7) is 3.15. The van der Waals surface area contributed by atoms with Gasteiger partial charge in [0.05, 0.1) is 24.1 Å². The molecular weight excluding hydrogens is 264 g/mol. The second-order valence-electron chi connectivity index (χ2n) is 5.24. The number of aromatic nitrogens is 5. The quantitative estimate of drug-likeness (QED) is 0.749. The monoisotopic (exact) mass is 284 g/mol. The number of nitrogens with one attached hydrogen (secondary N) is 1. The zero-order valence-corrected chi connectivity index (χ0v) is 12.4. The molecule has 0 fully saturated rings. The summed E-state index contributed by atoms with van der Waals surface area (Å²) in [7, 11) is 1.94. The van der Waals surface area contributed by atoms with Crippen LogP contribution in [0.25, 0.3) is 5.52 Å². The standard InChI is InChI=1S/C15H20N6/c1-3-4-17-14(7-12-8-18-20(2)11-12)13-9-19-21-6-5-16-10-15(13)21/h5-6,8-11,14,17H,3-4,7H2,1-2H3. The minimum Gasteiger partial charge on any atom is -0.310 e. The Morgan fingerprint density at radius 2 is 2.14 bits per heavy atom. The predicted molar refractivity (Wildman–Crippen MR) is 80.9 cm³/mol. The van der Waals surface area contributed by atoms with Crippen LogP contribution in [0.5, 0.6) is 0 Å². The summed E-state index contributed by atoms with van der Waals surface area (Å²) in [4.78, 5) is 4.21. The molecule has 1 N–H and O–H groups in total. The summed E-state index contributed by atoms with van der Waals surface area (Å²) in [5.74, 6) is 0. The fourth-order valence-corrected chi connectivity index (χ4v) is 2.54. The lowest BCUT2D eigenvalue weighted by molar-refractivity contribution is 0.532. The molecule has 0 aromatic carbocycles. The molecule has 3 heterocycles. The Morgan fingerprint density at radius 1 is 1.24 bits per heavy atom. The van der Waals surface area contributed by atoms with Crippen molar-refractivity contribution in [3.63, 3.8) is 0 Å². The number of nitrogens with zero attached hydrogens (tertiary/aromatic N) is 5. The van der Waals surface area contributed by atoms with Crippen molar-refractivity contribution in [1.29, 1.82) is 0 Å². The first-order valence-corrected chi connectivity index (χ1v) is 7.26. The lowest BCUT2D eigenvalue weighted by atomic mass is 10.0. The first-order valence-electron chi connectivity index (χ1n) is 7.26. The molecule has 3 aromatic heterocycles. The Morgan fingerprint density at radius 3 is 2.90 bits per heavy atom. The van der Waals surface area contributed by atoms with Crippen molar-refractivity contribution in [1.82, 2.24) is 29.7 Å². The summed E-state index contributed by atoms with van der Waals surface area (Å²) >= 11 is 0. The average Bonchev–Trinajstić information content (AvgIpc) is 3.09. The van der Waals surface area contributed by atoms with Gasteiger partial charge in [0, 0.05) is 37.2 Å². The van der Waals surface area contributed by atoms with Crippen LogP contribution in [-0.2, 0) is 13.5 Å². The molecule has 1 atom stereocenters. The SMILES string of the molecule is CCCNC(Cc1cnn(C)c1)c1cnn2ccncc12. The number of hydrogen-bond donors (Lipinski definition) is 1. The van der Waals surface area contributed by atoms with Crippen molar-refractivity contribution >= 4 is 5.52 Å². The summed E-state index contributed by atoms with van der Waals surface area (Å²) in [5, 5.41) is 12.3. The Bertz CT molecular complexity index is 714. The number of fused-ring (bicyclic) bond motifs is 1. The van der Waals surface area contributed by atoms with Gasteiger partial charge in [0.15, 0.2) is 0 Å². The summed E-state index contributed by atoms with van der Waals surface area (Å²) in [6, 6.07) is 0.218. The van der Waals surface area contributed by atoms with Crippen molar-refractivity contribution in [2.24, 2.45) is 7.05 Å². The third kappa shape index (κ3) is 2.95. The van der Waals surface area contributed by atoms with Gasteiger partial charge < -0.3 is 5.32 Å². The minimum atomic E-state index is 0.218. The lowest BCUT2D eigenvalue weighted by Crippen LogP contribution is -2.24. The fourth-order valence-electron chi connectivity index (χ4n) is 2.54. The number of aryl methyl sites for hydroxylation is 1. The van der Waals surface area contributed by atoms with E-state index in [0.29, 0.717) is 0 Å². The van der Waals surface area contributed by atoms with E-state index < -0.39 is 0 Å². The number of rotatable bonds is 6. The molecule has 0 radical (unpaired) electrons. The van der Waals surface area contributed by atoms with E-state index in [1.54, 1.807) is 6.20 Å². The molecule has 0 amide bonds. The minimum absolute atomic E-state index is 0.218. The van der Waals surface area contributed by atoms with Gasteiger partial charge in [0.1, 0.15) is 0 Å². The van der Waals surface area contributed by atoms with E-state index >= 15 is 0 Å². The molecule has 3 aromatic rings. The molecule has 6 heteroatoms. The predicted octanol–water partition coefficient (Wildman–Crippen LogP) is 1.75. The highest BCUT2D eigenvalue weighted by Gasteiger charge is 2.17. The second kappa shape index (κ2) is 6.05. The van der Waals surface area contributed by atoms with Crippen LogP contribution in [-0.4, -0.2) is 30.9 Å². The Balaban J connectivity index is 1.91. The van der Waals surface area contributed by atoms with E-state index in [2.05, 4.69) is 33.6 Å². The molecule has 3 rings (SSSR count). The molecule has 0 spiro atoms. The smallest absolute Gasteiger partial charge is 0.0892 e. The Hall–Kier alpha value is -2.21. The average molecular weight is 284 g/mol. The highest BCUT2D eigenvalue weighted by atomic mass is 15.2. The zero-order valence-electron chi connectivity index (χ0n) is 12.4. The van der Waals surface area contributed by atoms with E-state index in [1.165, 1.54) is 11.1 Å². The maximum absolute atomic E-state index is 4.41. The van der Waals surface area contributed by atoms with Crippen molar-refractivity contribution < 1.29 is 0 Å². The van der Waals surface area contributed by atoms with Gasteiger partial charge in [-0.1, -0.05) is 6.92 Å². The summed E-state index contributed by atoms with van der Waals surface area (Å²) < 4.78 is 3.70. The fraction of sp³-hybridized carbons (Fsp3) is 0.400. The highest BCUT2D eigenvalue weighted by molar-refractivity contribution is 5.53. The Labute approximate surface area is 123 Å². The summed E-state index contributed by atoms with van der Waals surface area (Å²) in [5.41, 5.74) is 3.45. The first kappa shape index (κ1) is 13.8. The van der Waals surface area contributed by atoms with Crippen molar-refractivity contribution in [2.45, 2.75) is 25.8 Å². The normalized spacial score (nSPS) is 12.9. The molecule has 0 saturated carbocycles. The van der Waals surface area contributed by atoms with Crippen LogP contribution in [0.15, 0.2) is 37.2 Å². The molecule has 0 saturated heterocycles. The van der Waals surface area contributed by atoms with Crippen molar-refractivity contribution in [2.75, 3.05) is 6.54 Å². The largest absolute Gasteiger partial charge is 0.310 e. The summed E-state index contributed by atoms with van der Waals surface area (Å²) in [6.07, 6.45) is 13.4. The Kier molecular flexibility index (Phi) is 3.96. The highest BCUT2D eigenvalue weighted by Crippen LogP contribution is 2.22. The van der Waals surface area contributed by atoms with Crippen LogP contribution in [0, 0.1) is 0 Å². The molecule has 0 aliphatic rings. The van der Waals surface area contributed by atoms with Crippen LogP contribution in [0.1, 0.15) is 30.5 Å². The van der Waals surface area contributed by atoms with Crippen LogP contribution >= 0.6 is 0 Å². The molecule has 110 valence electrons. The zero-order chi connectivity index (χ0) is 14.7. The number of hydrogen-bond acceptors (Lipinski definition) is 4. The topological polar surface area (TPSA) is 60.0 Å². The van der Waals surface area contributed by atoms with Crippen LogP contribution in [0.4, 0.5) is 0 Å². The molecule has 1 unspecified atom stereocenters. The van der Waals surface area contributed by atoms with Gasteiger partial charge in [-0.15, -0.1) is 0 Å². The molecule has 0 aliphatic heterocycles. The van der Waals surface area contributed by atoms with Gasteiger partial charge in [0.2, 0.25) is 0 Å². The maximum Gasteiger partial charge on any atom is 0.0892 e. The van der Waals surface area contributed by atoms with Crippen molar-refractivity contribution in [3.8, 4) is 0 Å². The molecule has 21 heavy (non-hydrogen) atoms. The van der Waals surface area contributed by atoms with Gasteiger partial charge >= 0.3 is 0 Å². The van der Waals surface area contributed by atoms with Crippen LogP contribution in [0.3, 0.4) is 0 Å². The first-order chi connectivity index (χ1) is 10.3. The lowest BCUT2D eigenvalue weighted by Gasteiger charge is -2.17. The third-order valence-corrected chi connectivity index (χ3v) is 3.57. The van der Waals surface area contributed by atoms with E-state index in [-0.39, 0.29) is 6.04 Å². The van der Waals surface area contributed by atoms with Gasteiger partial charge in [-0.05, 0) is 24.9 Å². The second-order valence-corrected chi connectivity index (χ2v) is 5.24. The van der Waals surface area contributed by atoms with E-state index in [0.717, 1.165) is 24.9 Å². The van der Waals surface area contributed by atoms with Gasteiger partial charge in [-0.25, -0.2) is 4.52 Å². The van der Waals surface area contributed by atoms with Crippen LogP contribution in [0.2, 0.25) is 0 Å². The van der Waals surface area contributed by atoms with Gasteiger partial charge in [0.25, 0.3) is 0 Å². The molecule has 0 aliphatic carbocycles. The van der Waals surface area contributed by atoms with Gasteiger partial charge in [-0.2, -0.15) is 10.2 Å². The molecular formula is C15H20N6. The molecule has 6 nitrogen and oxygen atoms in total. The maximum atomic E-state index is 4.41. The van der Waals surface area contributed by atoms with E-state index in [1.807, 2.05) is 41.0 Å². The van der Waals surface area contributed by atoms with E-state index in [4.69, 9.17) is 0 Å². The van der Waals surface area contributed by atoms with Gasteiger partial charge in [-0.3, -0.25) is 9.67 Å².